The molecule has 0 unspecified atom stereocenters. The van der Waals surface area contributed by atoms with E-state index in [2.05, 4.69) is 4.72 Å². The third-order valence-electron chi connectivity index (χ3n) is 2.38. The number of rotatable bonds is 3. The third-order valence-corrected chi connectivity index (χ3v) is 5.81. The lowest BCUT2D eigenvalue weighted by atomic mass is 9.99. The predicted molar refractivity (Wildman–Crippen MR) is 49.6 cm³/mol. The molecule has 1 saturated carbocycles. The van der Waals surface area contributed by atoms with Gasteiger partial charge >= 0.3 is 0 Å². The summed E-state index contributed by atoms with van der Waals surface area (Å²) in [5, 5.41) is -1.00. The van der Waals surface area contributed by atoms with E-state index in [0.29, 0.717) is 0 Å². The van der Waals surface area contributed by atoms with Gasteiger partial charge in [-0.05, 0) is 19.9 Å². The Bertz CT molecular complexity index is 377. The lowest BCUT2D eigenvalue weighted by Crippen LogP contribution is -2.47. The molecule has 0 aromatic carbocycles. The van der Waals surface area contributed by atoms with Crippen LogP contribution in [0.1, 0.15) is 12.8 Å². The van der Waals surface area contributed by atoms with Crippen molar-refractivity contribution in [1.29, 1.82) is 0 Å². The smallest absolute Gasteiger partial charge is 0.214 e. The van der Waals surface area contributed by atoms with Gasteiger partial charge in [-0.3, -0.25) is 0 Å². The molecule has 0 atom stereocenters. The molecule has 0 aliphatic heterocycles. The summed E-state index contributed by atoms with van der Waals surface area (Å²) in [5.41, 5.74) is 0. The molecule has 0 bridgehead atoms. The number of nitrogens with one attached hydrogen (secondary N) is 1. The van der Waals surface area contributed by atoms with Crippen molar-refractivity contribution in [1.82, 2.24) is 4.72 Å². The molecule has 1 fully saturated rings. The molecule has 13 heavy (non-hydrogen) atoms. The highest BCUT2D eigenvalue weighted by atomic mass is 32.2. The molecule has 5 nitrogen and oxygen atoms in total. The molecule has 1 N–H and O–H groups in total. The molecule has 0 heterocycles. The first kappa shape index (κ1) is 10.9. The molecule has 0 radical (unpaired) electrons. The molecule has 1 rings (SSSR count). The van der Waals surface area contributed by atoms with Crippen LogP contribution in [0.3, 0.4) is 0 Å². The van der Waals surface area contributed by atoms with Gasteiger partial charge in [0.2, 0.25) is 10.0 Å². The molecular formula is C6H13NO4S2. The van der Waals surface area contributed by atoms with Crippen molar-refractivity contribution in [2.45, 2.75) is 23.3 Å². The minimum absolute atomic E-state index is 0.224. The van der Waals surface area contributed by atoms with Crippen LogP contribution in [0, 0.1) is 0 Å². The van der Waals surface area contributed by atoms with Gasteiger partial charge in [0.1, 0.15) is 9.84 Å². The Morgan fingerprint density at radius 2 is 1.54 bits per heavy atom. The Hall–Kier alpha value is -0.140. The zero-order chi connectivity index (χ0) is 10.3. The van der Waals surface area contributed by atoms with Crippen LogP contribution in [-0.4, -0.2) is 40.6 Å². The van der Waals surface area contributed by atoms with E-state index in [1.807, 2.05) is 0 Å². The number of hydrogen-bond donors (Lipinski definition) is 1. The van der Waals surface area contributed by atoms with E-state index in [1.54, 1.807) is 0 Å². The summed E-state index contributed by atoms with van der Waals surface area (Å²) in [4.78, 5) is 0. The van der Waals surface area contributed by atoms with Gasteiger partial charge in [0.25, 0.3) is 0 Å². The molecule has 7 heteroatoms. The zero-order valence-corrected chi connectivity index (χ0v) is 9.15. The fourth-order valence-electron chi connectivity index (χ4n) is 1.29. The van der Waals surface area contributed by atoms with Crippen LogP contribution in [0.5, 0.6) is 0 Å². The molecule has 0 spiro atoms. The summed E-state index contributed by atoms with van der Waals surface area (Å²) in [6.07, 6.45) is 1.59. The van der Waals surface area contributed by atoms with Crippen molar-refractivity contribution in [2.75, 3.05) is 13.3 Å². The summed E-state index contributed by atoms with van der Waals surface area (Å²) in [6, 6.07) is 0. The average Bonchev–Trinajstić information content (AvgIpc) is 1.79. The van der Waals surface area contributed by atoms with Gasteiger partial charge in [-0.1, -0.05) is 0 Å². The molecule has 0 amide bonds. The van der Waals surface area contributed by atoms with Gasteiger partial charge < -0.3 is 0 Å². The fourth-order valence-corrected chi connectivity index (χ4v) is 4.00. The van der Waals surface area contributed by atoms with Crippen LogP contribution in [-0.2, 0) is 19.9 Å². The van der Waals surface area contributed by atoms with Crippen LogP contribution >= 0.6 is 0 Å². The molecule has 78 valence electrons. The van der Waals surface area contributed by atoms with Gasteiger partial charge in [-0.15, -0.1) is 0 Å². The largest absolute Gasteiger partial charge is 0.229 e. The second-order valence-electron chi connectivity index (χ2n) is 3.29. The summed E-state index contributed by atoms with van der Waals surface area (Å²) in [7, 11) is -4.99. The first-order chi connectivity index (χ1) is 5.77. The second kappa shape index (κ2) is 3.21. The summed E-state index contributed by atoms with van der Waals surface area (Å²) >= 11 is 0. The van der Waals surface area contributed by atoms with Gasteiger partial charge in [-0.25, -0.2) is 21.6 Å². The van der Waals surface area contributed by atoms with E-state index >= 15 is 0 Å². The summed E-state index contributed by atoms with van der Waals surface area (Å²) in [5.74, 6) is 0. The zero-order valence-electron chi connectivity index (χ0n) is 7.52. The van der Waals surface area contributed by atoms with Gasteiger partial charge in [0, 0.05) is 6.26 Å². The number of sulfonamides is 1. The van der Waals surface area contributed by atoms with Crippen molar-refractivity contribution >= 4 is 19.9 Å². The van der Waals surface area contributed by atoms with E-state index in [-0.39, 0.29) is 12.8 Å². The Balaban J connectivity index is 2.62. The maximum Gasteiger partial charge on any atom is 0.214 e. The van der Waals surface area contributed by atoms with Gasteiger partial charge in [0.15, 0.2) is 0 Å². The fraction of sp³-hybridized carbons (Fsp3) is 1.00. The van der Waals surface area contributed by atoms with E-state index in [0.717, 1.165) is 6.26 Å². The van der Waals surface area contributed by atoms with Crippen molar-refractivity contribution < 1.29 is 16.8 Å². The highest BCUT2D eigenvalue weighted by Gasteiger charge is 2.42. The van der Waals surface area contributed by atoms with E-state index < -0.39 is 30.4 Å². The quantitative estimate of drug-likeness (QED) is 0.678. The predicted octanol–water partition coefficient (Wildman–Crippen LogP) is -0.889. The van der Waals surface area contributed by atoms with Crippen molar-refractivity contribution in [3.8, 4) is 0 Å². The van der Waals surface area contributed by atoms with Crippen LogP contribution in [0.2, 0.25) is 0 Å². The number of sulfone groups is 1. The normalized spacial score (nSPS) is 29.7. The first-order valence-corrected chi connectivity index (χ1v) is 7.38. The maximum absolute atomic E-state index is 11.1. The molecule has 1 aliphatic carbocycles. The molecular weight excluding hydrogens is 214 g/mol. The van der Waals surface area contributed by atoms with Crippen LogP contribution in [0.15, 0.2) is 0 Å². The lowest BCUT2D eigenvalue weighted by Gasteiger charge is -2.32. The third kappa shape index (κ3) is 2.21. The highest BCUT2D eigenvalue weighted by molar-refractivity contribution is 7.92. The summed E-state index contributed by atoms with van der Waals surface area (Å²) < 4.78 is 46.4. The number of hydrogen-bond acceptors (Lipinski definition) is 4. The molecule has 0 aromatic rings. The van der Waals surface area contributed by atoms with Crippen LogP contribution in [0.4, 0.5) is 0 Å². The van der Waals surface area contributed by atoms with Gasteiger partial charge in [0.05, 0.1) is 10.5 Å². The van der Waals surface area contributed by atoms with E-state index in [1.165, 1.54) is 7.05 Å². The maximum atomic E-state index is 11.1. The topological polar surface area (TPSA) is 80.3 Å². The summed E-state index contributed by atoms with van der Waals surface area (Å²) in [6.45, 7) is 0. The Labute approximate surface area is 78.5 Å². The van der Waals surface area contributed by atoms with Crippen molar-refractivity contribution in [2.24, 2.45) is 0 Å². The molecule has 0 aromatic heterocycles. The highest BCUT2D eigenvalue weighted by Crippen LogP contribution is 2.31. The first-order valence-electron chi connectivity index (χ1n) is 3.88. The Kier molecular flexibility index (Phi) is 2.70. The van der Waals surface area contributed by atoms with Crippen LogP contribution in [0.25, 0.3) is 0 Å². The molecule has 1 aliphatic rings. The standard InChI is InChI=1S/C6H13NO4S2/c1-7-13(10,11)6-3-5(4-6)12(2,8)9/h5-7H,3-4H2,1-2H3. The lowest BCUT2D eigenvalue weighted by molar-refractivity contribution is 0.460. The van der Waals surface area contributed by atoms with E-state index in [4.69, 9.17) is 0 Å². The monoisotopic (exact) mass is 227 g/mol. The molecule has 0 saturated heterocycles. The Morgan fingerprint density at radius 3 is 1.85 bits per heavy atom. The minimum Gasteiger partial charge on any atom is -0.229 e. The van der Waals surface area contributed by atoms with Crippen molar-refractivity contribution in [3.63, 3.8) is 0 Å². The second-order valence-corrected chi connectivity index (χ2v) is 7.78. The van der Waals surface area contributed by atoms with Crippen molar-refractivity contribution in [3.05, 3.63) is 0 Å². The average molecular weight is 227 g/mol. The SMILES string of the molecule is CNS(=O)(=O)C1CC(S(C)(=O)=O)C1. The van der Waals surface area contributed by atoms with E-state index in [9.17, 15) is 16.8 Å². The minimum atomic E-state index is -3.27. The van der Waals surface area contributed by atoms with Crippen LogP contribution < -0.4 is 4.72 Å². The Morgan fingerprint density at radius 1 is 1.08 bits per heavy atom. The van der Waals surface area contributed by atoms with Gasteiger partial charge in [-0.2, -0.15) is 0 Å².